The molecule has 0 radical (unpaired) electrons. The molecule has 1 N–H and O–H groups in total. The predicted molar refractivity (Wildman–Crippen MR) is 131 cm³/mol. The van der Waals surface area contributed by atoms with Crippen molar-refractivity contribution in [2.75, 3.05) is 7.11 Å². The number of benzene rings is 1. The topological polar surface area (TPSA) is 82.1 Å². The van der Waals surface area contributed by atoms with Gasteiger partial charge in [0.1, 0.15) is 18.0 Å². The highest BCUT2D eigenvalue weighted by Crippen LogP contribution is 2.58. The zero-order valence-electron chi connectivity index (χ0n) is 21.4. The molecule has 6 nitrogen and oxygen atoms in total. The van der Waals surface area contributed by atoms with E-state index in [0.717, 1.165) is 5.57 Å². The molecule has 0 spiro atoms. The molecule has 0 aromatic heterocycles. The molecule has 0 saturated heterocycles. The Morgan fingerprint density at radius 1 is 1.15 bits per heavy atom. The lowest BCUT2D eigenvalue weighted by Gasteiger charge is -2.45. The predicted octanol–water partition coefficient (Wildman–Crippen LogP) is 5.25. The number of methoxy groups -OCH3 is 1. The normalized spacial score (nSPS) is 31.4. The third-order valence-corrected chi connectivity index (χ3v) is 7.87. The maximum Gasteiger partial charge on any atom is 0.338 e. The molecule has 1 aromatic carbocycles. The van der Waals surface area contributed by atoms with Crippen LogP contribution in [0.5, 0.6) is 5.75 Å². The van der Waals surface area contributed by atoms with E-state index >= 15 is 0 Å². The number of hydrogen-bond donors (Lipinski definition) is 1. The molecule has 34 heavy (non-hydrogen) atoms. The van der Waals surface area contributed by atoms with Crippen LogP contribution in [0.15, 0.2) is 47.6 Å². The molecule has 0 unspecified atom stereocenters. The molecule has 1 saturated carbocycles. The van der Waals surface area contributed by atoms with Gasteiger partial charge in [-0.3, -0.25) is 0 Å². The number of fused-ring (bicyclic) bond motifs is 1. The first kappa shape index (κ1) is 26.0. The molecule has 2 aliphatic rings. The summed E-state index contributed by atoms with van der Waals surface area (Å²) in [4.78, 5) is 25.8. The van der Waals surface area contributed by atoms with Gasteiger partial charge in [0, 0.05) is 23.3 Å². The molecule has 3 rings (SSSR count). The van der Waals surface area contributed by atoms with Crippen molar-refractivity contribution in [3.8, 4) is 5.75 Å². The largest absolute Gasteiger partial charge is 0.497 e. The quantitative estimate of drug-likeness (QED) is 0.347. The van der Waals surface area contributed by atoms with E-state index in [2.05, 4.69) is 0 Å². The highest BCUT2D eigenvalue weighted by molar-refractivity contribution is 5.89. The number of allylic oxidation sites excluding steroid dienone is 1. The van der Waals surface area contributed by atoms with Gasteiger partial charge in [-0.05, 0) is 69.9 Å². The van der Waals surface area contributed by atoms with Gasteiger partial charge in [0.25, 0.3) is 0 Å². The Hall–Kier alpha value is -2.60. The van der Waals surface area contributed by atoms with Gasteiger partial charge in [0.2, 0.25) is 0 Å². The maximum absolute atomic E-state index is 13.1. The Labute approximate surface area is 203 Å². The van der Waals surface area contributed by atoms with Crippen molar-refractivity contribution in [1.82, 2.24) is 0 Å². The fraction of sp³-hybridized carbons (Fsp3) is 0.571. The van der Waals surface area contributed by atoms with Crippen molar-refractivity contribution in [2.24, 2.45) is 17.3 Å². The lowest BCUT2D eigenvalue weighted by molar-refractivity contribution is -0.159. The fourth-order valence-corrected chi connectivity index (χ4v) is 5.55. The number of aliphatic hydroxyl groups is 1. The average Bonchev–Trinajstić information content (AvgIpc) is 3.04. The molecular weight excluding hydrogens is 432 g/mol. The summed E-state index contributed by atoms with van der Waals surface area (Å²) >= 11 is 0. The molecule has 2 aliphatic carbocycles. The van der Waals surface area contributed by atoms with Crippen molar-refractivity contribution < 1.29 is 28.9 Å². The second-order valence-corrected chi connectivity index (χ2v) is 10.3. The van der Waals surface area contributed by atoms with Gasteiger partial charge in [0.05, 0.1) is 18.3 Å². The summed E-state index contributed by atoms with van der Waals surface area (Å²) in [5.74, 6) is -0.622. The van der Waals surface area contributed by atoms with Crippen LogP contribution in [-0.4, -0.2) is 42.0 Å². The zero-order chi connectivity index (χ0) is 25.3. The summed E-state index contributed by atoms with van der Waals surface area (Å²) in [7, 11) is 1.57. The van der Waals surface area contributed by atoms with Crippen LogP contribution in [0.25, 0.3) is 0 Å². The minimum Gasteiger partial charge on any atom is -0.497 e. The highest BCUT2D eigenvalue weighted by atomic mass is 16.6. The number of rotatable bonds is 6. The molecule has 0 heterocycles. The first-order valence-electron chi connectivity index (χ1n) is 12.0. The first-order chi connectivity index (χ1) is 16.0. The van der Waals surface area contributed by atoms with Gasteiger partial charge in [-0.1, -0.05) is 32.4 Å². The lowest BCUT2D eigenvalue weighted by atomic mass is 9.66. The van der Waals surface area contributed by atoms with Crippen molar-refractivity contribution in [1.29, 1.82) is 0 Å². The van der Waals surface area contributed by atoms with E-state index in [1.165, 1.54) is 0 Å². The Kier molecular flexibility index (Phi) is 7.61. The van der Waals surface area contributed by atoms with Crippen LogP contribution in [0, 0.1) is 17.3 Å². The average molecular weight is 471 g/mol. The van der Waals surface area contributed by atoms with E-state index < -0.39 is 35.1 Å². The van der Waals surface area contributed by atoms with E-state index in [9.17, 15) is 14.7 Å². The second kappa shape index (κ2) is 9.95. The number of carbonyl (C=O) groups excluding carboxylic acids is 2. The van der Waals surface area contributed by atoms with Gasteiger partial charge in [-0.2, -0.15) is 0 Å². The number of carbonyl (C=O) groups is 2. The molecule has 186 valence electrons. The van der Waals surface area contributed by atoms with Crippen LogP contribution < -0.4 is 4.74 Å². The molecule has 5 atom stereocenters. The summed E-state index contributed by atoms with van der Waals surface area (Å²) in [6.45, 7) is 11.5. The van der Waals surface area contributed by atoms with Crippen LogP contribution in [0.1, 0.15) is 71.2 Å². The van der Waals surface area contributed by atoms with Crippen LogP contribution >= 0.6 is 0 Å². The monoisotopic (exact) mass is 470 g/mol. The molecule has 1 aromatic rings. The van der Waals surface area contributed by atoms with Crippen LogP contribution in [0.4, 0.5) is 0 Å². The maximum atomic E-state index is 13.1. The molecule has 0 amide bonds. The summed E-state index contributed by atoms with van der Waals surface area (Å²) < 4.78 is 17.3. The standard InChI is InChI=1S/C28H38O6/c1-8-19(5)25(29)34-23-16-18(4)15-22(24-27(23,6)13-14-28(24,31)17(2)3)33-26(30)20-9-11-21(32-7)12-10-20/h8-12,16-17,22-24,31H,13-15H2,1-7H3/b19-8+/t22-,23+,24+,27+,28+/m0/s1. The minimum atomic E-state index is -1.06. The smallest absolute Gasteiger partial charge is 0.338 e. The van der Waals surface area contributed by atoms with Gasteiger partial charge in [-0.25, -0.2) is 9.59 Å². The summed E-state index contributed by atoms with van der Waals surface area (Å²) in [6, 6.07) is 6.79. The Morgan fingerprint density at radius 2 is 1.79 bits per heavy atom. The van der Waals surface area contributed by atoms with Crippen molar-refractivity contribution in [3.63, 3.8) is 0 Å². The fourth-order valence-electron chi connectivity index (χ4n) is 5.55. The Balaban J connectivity index is 1.99. The molecule has 6 heteroatoms. The number of ether oxygens (including phenoxy) is 3. The number of esters is 2. The Morgan fingerprint density at radius 3 is 2.35 bits per heavy atom. The lowest BCUT2D eigenvalue weighted by Crippen LogP contribution is -2.53. The molecular formula is C28H38O6. The van der Waals surface area contributed by atoms with E-state index in [4.69, 9.17) is 14.2 Å². The van der Waals surface area contributed by atoms with Gasteiger partial charge in [0.15, 0.2) is 0 Å². The minimum absolute atomic E-state index is 0.0615. The first-order valence-corrected chi connectivity index (χ1v) is 12.0. The summed E-state index contributed by atoms with van der Waals surface area (Å²) in [6.07, 6.45) is 4.28. The second-order valence-electron chi connectivity index (χ2n) is 10.3. The van der Waals surface area contributed by atoms with E-state index in [1.807, 2.05) is 33.8 Å². The third kappa shape index (κ3) is 4.78. The van der Waals surface area contributed by atoms with Crippen molar-refractivity contribution in [3.05, 3.63) is 53.1 Å². The highest BCUT2D eigenvalue weighted by Gasteiger charge is 2.63. The van der Waals surface area contributed by atoms with Crippen LogP contribution in [0.3, 0.4) is 0 Å². The van der Waals surface area contributed by atoms with Gasteiger partial charge in [-0.15, -0.1) is 0 Å². The molecule has 1 fully saturated rings. The van der Waals surface area contributed by atoms with Crippen molar-refractivity contribution >= 4 is 11.9 Å². The van der Waals surface area contributed by atoms with E-state index in [0.29, 0.717) is 36.1 Å². The van der Waals surface area contributed by atoms with Gasteiger partial charge < -0.3 is 19.3 Å². The summed E-state index contributed by atoms with van der Waals surface area (Å²) in [5, 5.41) is 11.9. The SMILES string of the molecule is C/C=C(\C)C(=O)O[C@@H]1C=C(C)C[C@H](OC(=O)c2ccc(OC)cc2)[C@@H]2[C@]1(C)CC[C@@]2(O)C(C)C. The third-order valence-electron chi connectivity index (χ3n) is 7.87. The Bertz CT molecular complexity index is 975. The zero-order valence-corrected chi connectivity index (χ0v) is 21.4. The van der Waals surface area contributed by atoms with Crippen LogP contribution in [-0.2, 0) is 14.3 Å². The molecule has 0 bridgehead atoms. The van der Waals surface area contributed by atoms with Crippen molar-refractivity contribution in [2.45, 2.75) is 78.6 Å². The number of hydrogen-bond acceptors (Lipinski definition) is 6. The summed E-state index contributed by atoms with van der Waals surface area (Å²) in [5.41, 5.74) is 0.273. The van der Waals surface area contributed by atoms with E-state index in [-0.39, 0.29) is 11.9 Å². The molecule has 0 aliphatic heterocycles. The van der Waals surface area contributed by atoms with E-state index in [1.54, 1.807) is 51.3 Å². The van der Waals surface area contributed by atoms with Gasteiger partial charge >= 0.3 is 11.9 Å². The van der Waals surface area contributed by atoms with Crippen LogP contribution in [0.2, 0.25) is 0 Å².